The summed E-state index contributed by atoms with van der Waals surface area (Å²) in [6.45, 7) is 4.14. The Kier molecular flexibility index (Phi) is 6.47. The van der Waals surface area contributed by atoms with Crippen LogP contribution in [-0.4, -0.2) is 27.2 Å². The standard InChI is InChI=1S/C21H24N4O4S2/c1-12-13(2)31-18-17(12)19(27)25(14-6-3-4-7-14)21(24-18)30-11-16(26)23-20(28)22-10-15-8-5-9-29-15/h5,8-9,14H,3-4,6-7,10-11H2,1-2H3,(H2,22,23,26,28). The Morgan fingerprint density at radius 2 is 2.10 bits per heavy atom. The molecule has 4 rings (SSSR count). The maximum Gasteiger partial charge on any atom is 0.321 e. The van der Waals surface area contributed by atoms with E-state index in [2.05, 4.69) is 10.6 Å². The zero-order chi connectivity index (χ0) is 22.0. The number of carbonyl (C=O) groups is 2. The van der Waals surface area contributed by atoms with Crippen molar-refractivity contribution in [3.05, 3.63) is 45.0 Å². The van der Waals surface area contributed by atoms with Gasteiger partial charge in [-0.3, -0.25) is 19.5 Å². The van der Waals surface area contributed by atoms with Crippen LogP contribution in [-0.2, 0) is 11.3 Å². The summed E-state index contributed by atoms with van der Waals surface area (Å²) in [7, 11) is 0. The third-order valence-electron chi connectivity index (χ3n) is 5.48. The van der Waals surface area contributed by atoms with E-state index in [1.165, 1.54) is 29.4 Å². The van der Waals surface area contributed by atoms with Crippen LogP contribution in [0.2, 0.25) is 0 Å². The molecule has 1 saturated carbocycles. The Balaban J connectivity index is 1.48. The van der Waals surface area contributed by atoms with Crippen molar-refractivity contribution in [1.82, 2.24) is 20.2 Å². The third-order valence-corrected chi connectivity index (χ3v) is 7.53. The molecule has 8 nitrogen and oxygen atoms in total. The van der Waals surface area contributed by atoms with Crippen molar-refractivity contribution in [2.45, 2.75) is 57.3 Å². The lowest BCUT2D eigenvalue weighted by Gasteiger charge is -2.18. The molecule has 0 radical (unpaired) electrons. The Hall–Kier alpha value is -2.59. The molecule has 2 N–H and O–H groups in total. The lowest BCUT2D eigenvalue weighted by Crippen LogP contribution is -2.40. The highest BCUT2D eigenvalue weighted by atomic mass is 32.2. The molecule has 31 heavy (non-hydrogen) atoms. The number of hydrogen-bond donors (Lipinski definition) is 2. The SMILES string of the molecule is Cc1sc2nc(SCC(=O)NC(=O)NCc3ccco3)n(C3CCCC3)c(=O)c2c1C. The highest BCUT2D eigenvalue weighted by Gasteiger charge is 2.25. The summed E-state index contributed by atoms with van der Waals surface area (Å²) < 4.78 is 6.91. The number of thiophene rings is 1. The molecule has 1 fully saturated rings. The second-order valence-corrected chi connectivity index (χ2v) is 9.72. The predicted molar refractivity (Wildman–Crippen MR) is 121 cm³/mol. The Morgan fingerprint density at radius 3 is 2.81 bits per heavy atom. The van der Waals surface area contributed by atoms with E-state index in [0.717, 1.165) is 36.1 Å². The maximum absolute atomic E-state index is 13.3. The average Bonchev–Trinajstić information content (AvgIpc) is 3.48. The summed E-state index contributed by atoms with van der Waals surface area (Å²) in [5.74, 6) is 0.131. The van der Waals surface area contributed by atoms with Crippen LogP contribution in [0.1, 0.15) is 47.9 Å². The van der Waals surface area contributed by atoms with Crippen LogP contribution in [0, 0.1) is 13.8 Å². The van der Waals surface area contributed by atoms with E-state index in [4.69, 9.17) is 9.40 Å². The van der Waals surface area contributed by atoms with Crippen molar-refractivity contribution in [2.24, 2.45) is 0 Å². The van der Waals surface area contributed by atoms with Gasteiger partial charge in [-0.2, -0.15) is 0 Å². The van der Waals surface area contributed by atoms with Gasteiger partial charge in [-0.1, -0.05) is 24.6 Å². The first-order valence-electron chi connectivity index (χ1n) is 10.2. The summed E-state index contributed by atoms with van der Waals surface area (Å²) in [4.78, 5) is 44.1. The van der Waals surface area contributed by atoms with Crippen LogP contribution in [0.5, 0.6) is 0 Å². The van der Waals surface area contributed by atoms with Crippen LogP contribution in [0.25, 0.3) is 10.2 Å². The minimum Gasteiger partial charge on any atom is -0.467 e. The highest BCUT2D eigenvalue weighted by Crippen LogP contribution is 2.34. The molecule has 0 spiro atoms. The van der Waals surface area contributed by atoms with Gasteiger partial charge in [0.2, 0.25) is 5.91 Å². The molecular formula is C21H24N4O4S2. The normalized spacial score (nSPS) is 14.3. The van der Waals surface area contributed by atoms with Gasteiger partial charge < -0.3 is 9.73 Å². The molecule has 1 aliphatic rings. The first-order valence-corrected chi connectivity index (χ1v) is 12.0. The number of imide groups is 1. The topological polar surface area (TPSA) is 106 Å². The molecule has 1 aliphatic carbocycles. The fraction of sp³-hybridized carbons (Fsp3) is 0.429. The number of hydrogen-bond acceptors (Lipinski definition) is 7. The van der Waals surface area contributed by atoms with E-state index in [1.54, 1.807) is 16.7 Å². The number of nitrogens with zero attached hydrogens (tertiary/aromatic N) is 2. The van der Waals surface area contributed by atoms with Gasteiger partial charge in [0.15, 0.2) is 5.16 Å². The van der Waals surface area contributed by atoms with Crippen LogP contribution in [0.4, 0.5) is 4.79 Å². The highest BCUT2D eigenvalue weighted by molar-refractivity contribution is 7.99. The molecule has 0 aromatic carbocycles. The van der Waals surface area contributed by atoms with Gasteiger partial charge >= 0.3 is 6.03 Å². The maximum atomic E-state index is 13.3. The Morgan fingerprint density at radius 1 is 1.32 bits per heavy atom. The van der Waals surface area contributed by atoms with E-state index < -0.39 is 11.9 Å². The van der Waals surface area contributed by atoms with Crippen molar-refractivity contribution in [1.29, 1.82) is 0 Å². The quantitative estimate of drug-likeness (QED) is 0.427. The van der Waals surface area contributed by atoms with Gasteiger partial charge in [0.25, 0.3) is 5.56 Å². The van der Waals surface area contributed by atoms with Crippen molar-refractivity contribution in [3.63, 3.8) is 0 Å². The van der Waals surface area contributed by atoms with Crippen LogP contribution >= 0.6 is 23.1 Å². The summed E-state index contributed by atoms with van der Waals surface area (Å²) >= 11 is 2.69. The van der Waals surface area contributed by atoms with Gasteiger partial charge in [-0.05, 0) is 44.4 Å². The van der Waals surface area contributed by atoms with Gasteiger partial charge in [0.05, 0.1) is 23.9 Å². The van der Waals surface area contributed by atoms with Gasteiger partial charge in [-0.15, -0.1) is 11.3 Å². The Labute approximate surface area is 187 Å². The predicted octanol–water partition coefficient (Wildman–Crippen LogP) is 3.90. The lowest BCUT2D eigenvalue weighted by molar-refractivity contribution is -0.117. The summed E-state index contributed by atoms with van der Waals surface area (Å²) in [5, 5.41) is 6.09. The number of furan rings is 1. The molecule has 0 unspecified atom stereocenters. The van der Waals surface area contributed by atoms with Crippen LogP contribution in [0.15, 0.2) is 32.8 Å². The lowest BCUT2D eigenvalue weighted by atomic mass is 10.2. The van der Waals surface area contributed by atoms with E-state index in [0.29, 0.717) is 21.1 Å². The largest absolute Gasteiger partial charge is 0.467 e. The number of thioether (sulfide) groups is 1. The van der Waals surface area contributed by atoms with Gasteiger partial charge in [0.1, 0.15) is 10.6 Å². The van der Waals surface area contributed by atoms with Gasteiger partial charge in [0, 0.05) is 10.9 Å². The molecule has 3 heterocycles. The second kappa shape index (κ2) is 9.27. The summed E-state index contributed by atoms with van der Waals surface area (Å²) in [6, 6.07) is 2.96. The zero-order valence-corrected chi connectivity index (χ0v) is 19.0. The minimum atomic E-state index is -0.594. The third kappa shape index (κ3) is 4.69. The molecule has 3 aromatic heterocycles. The Bertz CT molecular complexity index is 1160. The average molecular weight is 461 g/mol. The fourth-order valence-corrected chi connectivity index (χ4v) is 5.73. The van der Waals surface area contributed by atoms with Crippen molar-refractivity contribution in [2.75, 3.05) is 5.75 Å². The molecule has 164 valence electrons. The molecule has 0 atom stereocenters. The molecule has 3 amide bonds. The van der Waals surface area contributed by atoms with E-state index in [9.17, 15) is 14.4 Å². The smallest absolute Gasteiger partial charge is 0.321 e. The van der Waals surface area contributed by atoms with E-state index >= 15 is 0 Å². The van der Waals surface area contributed by atoms with E-state index in [1.807, 2.05) is 13.8 Å². The van der Waals surface area contributed by atoms with Crippen LogP contribution < -0.4 is 16.2 Å². The van der Waals surface area contributed by atoms with Crippen LogP contribution in [0.3, 0.4) is 0 Å². The number of rotatable bonds is 6. The number of aromatic nitrogens is 2. The van der Waals surface area contributed by atoms with Crippen molar-refractivity contribution >= 4 is 45.3 Å². The number of fused-ring (bicyclic) bond motifs is 1. The molecule has 0 aliphatic heterocycles. The first-order chi connectivity index (χ1) is 14.9. The monoisotopic (exact) mass is 460 g/mol. The second-order valence-electron chi connectivity index (χ2n) is 7.57. The first kappa shape index (κ1) is 21.6. The zero-order valence-electron chi connectivity index (χ0n) is 17.4. The molecular weight excluding hydrogens is 436 g/mol. The molecule has 0 bridgehead atoms. The minimum absolute atomic E-state index is 0.0117. The number of carbonyl (C=O) groups excluding carboxylic acids is 2. The fourth-order valence-electron chi connectivity index (χ4n) is 3.79. The number of aryl methyl sites for hydroxylation is 2. The van der Waals surface area contributed by atoms with Gasteiger partial charge in [-0.25, -0.2) is 9.78 Å². The molecule has 10 heteroatoms. The number of amides is 3. The summed E-state index contributed by atoms with van der Waals surface area (Å²) in [6.07, 6.45) is 5.55. The molecule has 3 aromatic rings. The van der Waals surface area contributed by atoms with Crippen molar-refractivity contribution < 1.29 is 14.0 Å². The number of nitrogens with one attached hydrogen (secondary N) is 2. The summed E-state index contributed by atoms with van der Waals surface area (Å²) in [5.41, 5.74) is 0.949. The van der Waals surface area contributed by atoms with E-state index in [-0.39, 0.29) is 23.9 Å². The molecule has 0 saturated heterocycles. The number of urea groups is 1. The van der Waals surface area contributed by atoms with Crippen molar-refractivity contribution in [3.8, 4) is 0 Å².